The first kappa shape index (κ1) is 16.1. The van der Waals surface area contributed by atoms with Gasteiger partial charge in [0, 0.05) is 6.07 Å². The standard InChI is InChI=1S/C16H12INO4/c1-21-14-7-11(8-18)6-13(17)15(14)22-9-10-2-4-12(5-3-10)16(19)20/h2-7H,9H2,1H3,(H,19,20). The van der Waals surface area contributed by atoms with E-state index in [1.54, 1.807) is 24.3 Å². The van der Waals surface area contributed by atoms with Crippen molar-refractivity contribution in [2.75, 3.05) is 7.11 Å². The SMILES string of the molecule is COc1cc(C#N)cc(I)c1OCc1ccc(C(=O)O)cc1. The monoisotopic (exact) mass is 409 g/mol. The van der Waals surface area contributed by atoms with E-state index >= 15 is 0 Å². The molecule has 22 heavy (non-hydrogen) atoms. The van der Waals surface area contributed by atoms with Gasteiger partial charge < -0.3 is 14.6 Å². The second-order valence-electron chi connectivity index (χ2n) is 4.39. The zero-order valence-electron chi connectivity index (χ0n) is 11.7. The van der Waals surface area contributed by atoms with Crippen LogP contribution in [0.25, 0.3) is 0 Å². The van der Waals surface area contributed by atoms with Gasteiger partial charge >= 0.3 is 5.97 Å². The molecule has 0 radical (unpaired) electrons. The topological polar surface area (TPSA) is 79.5 Å². The van der Waals surface area contributed by atoms with Gasteiger partial charge in [0.25, 0.3) is 0 Å². The van der Waals surface area contributed by atoms with Crippen LogP contribution in [0.3, 0.4) is 0 Å². The van der Waals surface area contributed by atoms with Crippen LogP contribution in [-0.4, -0.2) is 18.2 Å². The molecule has 0 fully saturated rings. The minimum Gasteiger partial charge on any atom is -0.493 e. The maximum atomic E-state index is 10.8. The zero-order valence-corrected chi connectivity index (χ0v) is 13.8. The van der Waals surface area contributed by atoms with Crippen LogP contribution in [0.15, 0.2) is 36.4 Å². The molecule has 0 aromatic heterocycles. The molecule has 0 heterocycles. The zero-order chi connectivity index (χ0) is 16.1. The van der Waals surface area contributed by atoms with Crippen LogP contribution in [0.1, 0.15) is 21.5 Å². The van der Waals surface area contributed by atoms with E-state index < -0.39 is 5.97 Å². The molecule has 0 saturated heterocycles. The maximum absolute atomic E-state index is 10.8. The summed E-state index contributed by atoms with van der Waals surface area (Å²) >= 11 is 2.08. The highest BCUT2D eigenvalue weighted by molar-refractivity contribution is 14.1. The van der Waals surface area contributed by atoms with Crippen molar-refractivity contribution in [1.82, 2.24) is 0 Å². The summed E-state index contributed by atoms with van der Waals surface area (Å²) in [6.45, 7) is 0.276. The molecule has 0 amide bonds. The van der Waals surface area contributed by atoms with E-state index in [-0.39, 0.29) is 12.2 Å². The van der Waals surface area contributed by atoms with E-state index in [1.807, 2.05) is 0 Å². The van der Waals surface area contributed by atoms with E-state index in [2.05, 4.69) is 28.7 Å². The van der Waals surface area contributed by atoms with E-state index in [9.17, 15) is 4.79 Å². The van der Waals surface area contributed by atoms with Crippen LogP contribution in [0.4, 0.5) is 0 Å². The molecule has 0 aliphatic heterocycles. The Morgan fingerprint density at radius 3 is 2.55 bits per heavy atom. The van der Waals surface area contributed by atoms with Crippen LogP contribution < -0.4 is 9.47 Å². The Balaban J connectivity index is 2.17. The summed E-state index contributed by atoms with van der Waals surface area (Å²) in [5, 5.41) is 17.8. The largest absolute Gasteiger partial charge is 0.493 e. The van der Waals surface area contributed by atoms with Gasteiger partial charge in [-0.25, -0.2) is 4.79 Å². The lowest BCUT2D eigenvalue weighted by molar-refractivity contribution is 0.0697. The highest BCUT2D eigenvalue weighted by atomic mass is 127. The first-order valence-corrected chi connectivity index (χ1v) is 7.35. The Kier molecular flexibility index (Phi) is 5.22. The van der Waals surface area contributed by atoms with Crippen molar-refractivity contribution in [2.24, 2.45) is 0 Å². The number of ether oxygens (including phenoxy) is 2. The molecular weight excluding hydrogens is 397 g/mol. The fourth-order valence-corrected chi connectivity index (χ4v) is 2.58. The molecule has 112 valence electrons. The van der Waals surface area contributed by atoms with E-state index in [4.69, 9.17) is 19.8 Å². The van der Waals surface area contributed by atoms with Crippen LogP contribution >= 0.6 is 22.6 Å². The van der Waals surface area contributed by atoms with Gasteiger partial charge in [-0.3, -0.25) is 0 Å². The molecule has 2 aromatic carbocycles. The first-order chi connectivity index (χ1) is 10.5. The summed E-state index contributed by atoms with van der Waals surface area (Å²) in [6.07, 6.45) is 0. The lowest BCUT2D eigenvalue weighted by Gasteiger charge is -2.13. The number of nitriles is 1. The van der Waals surface area contributed by atoms with Crippen LogP contribution in [0.2, 0.25) is 0 Å². The summed E-state index contributed by atoms with van der Waals surface area (Å²) in [5.41, 5.74) is 1.57. The third kappa shape index (κ3) is 3.68. The molecule has 0 unspecified atom stereocenters. The van der Waals surface area contributed by atoms with Gasteiger partial charge in [0.05, 0.1) is 27.9 Å². The number of hydrogen-bond donors (Lipinski definition) is 1. The number of benzene rings is 2. The lowest BCUT2D eigenvalue weighted by atomic mass is 10.1. The fourth-order valence-electron chi connectivity index (χ4n) is 1.82. The number of methoxy groups -OCH3 is 1. The van der Waals surface area contributed by atoms with Crippen molar-refractivity contribution in [3.63, 3.8) is 0 Å². The van der Waals surface area contributed by atoms with Crippen LogP contribution in [0.5, 0.6) is 11.5 Å². The summed E-state index contributed by atoms with van der Waals surface area (Å²) in [7, 11) is 1.51. The lowest BCUT2D eigenvalue weighted by Crippen LogP contribution is -2.01. The Morgan fingerprint density at radius 2 is 2.00 bits per heavy atom. The quantitative estimate of drug-likeness (QED) is 0.766. The van der Waals surface area contributed by atoms with Gasteiger partial charge in [-0.05, 0) is 46.4 Å². The highest BCUT2D eigenvalue weighted by Gasteiger charge is 2.12. The summed E-state index contributed by atoms with van der Waals surface area (Å²) in [6, 6.07) is 11.9. The normalized spacial score (nSPS) is 9.86. The number of carboxylic acid groups (broad SMARTS) is 1. The molecular formula is C16H12INO4. The summed E-state index contributed by atoms with van der Waals surface area (Å²) in [4.78, 5) is 10.8. The van der Waals surface area contributed by atoms with E-state index in [1.165, 1.54) is 19.2 Å². The molecule has 2 aromatic rings. The van der Waals surface area contributed by atoms with Crippen molar-refractivity contribution in [3.05, 3.63) is 56.7 Å². The first-order valence-electron chi connectivity index (χ1n) is 6.28. The Bertz CT molecular complexity index is 735. The average molecular weight is 409 g/mol. The van der Waals surface area contributed by atoms with Gasteiger partial charge in [-0.1, -0.05) is 12.1 Å². The number of nitrogens with zero attached hydrogens (tertiary/aromatic N) is 1. The van der Waals surface area contributed by atoms with E-state index in [0.717, 1.165) is 9.13 Å². The highest BCUT2D eigenvalue weighted by Crippen LogP contribution is 2.34. The Labute approximate surface area is 141 Å². The van der Waals surface area contributed by atoms with E-state index in [0.29, 0.717) is 17.1 Å². The predicted molar refractivity (Wildman–Crippen MR) is 88.2 cm³/mol. The van der Waals surface area contributed by atoms with Gasteiger partial charge in [-0.15, -0.1) is 0 Å². The van der Waals surface area contributed by atoms with Crippen molar-refractivity contribution in [1.29, 1.82) is 5.26 Å². The number of hydrogen-bond acceptors (Lipinski definition) is 4. The second-order valence-corrected chi connectivity index (χ2v) is 5.55. The predicted octanol–water partition coefficient (Wildman–Crippen LogP) is 3.45. The van der Waals surface area contributed by atoms with Crippen LogP contribution in [-0.2, 0) is 6.61 Å². The molecule has 0 atom stereocenters. The molecule has 0 aliphatic carbocycles. The molecule has 0 saturated carbocycles. The summed E-state index contributed by atoms with van der Waals surface area (Å²) in [5.74, 6) is 0.0887. The molecule has 0 spiro atoms. The van der Waals surface area contributed by atoms with Crippen molar-refractivity contribution in [3.8, 4) is 17.6 Å². The number of aromatic carboxylic acids is 1. The molecule has 5 nitrogen and oxygen atoms in total. The average Bonchev–Trinajstić information content (AvgIpc) is 2.53. The Morgan fingerprint density at radius 1 is 1.32 bits per heavy atom. The fraction of sp³-hybridized carbons (Fsp3) is 0.125. The number of halogens is 1. The van der Waals surface area contributed by atoms with Gasteiger partial charge in [0.1, 0.15) is 6.61 Å². The number of carbonyl (C=O) groups is 1. The van der Waals surface area contributed by atoms with Crippen molar-refractivity contribution >= 4 is 28.6 Å². The van der Waals surface area contributed by atoms with Crippen molar-refractivity contribution in [2.45, 2.75) is 6.61 Å². The van der Waals surface area contributed by atoms with Crippen LogP contribution in [0, 0.1) is 14.9 Å². The molecule has 1 N–H and O–H groups in total. The van der Waals surface area contributed by atoms with Gasteiger partial charge in [0.15, 0.2) is 11.5 Å². The van der Waals surface area contributed by atoms with Gasteiger partial charge in [-0.2, -0.15) is 5.26 Å². The second kappa shape index (κ2) is 7.13. The maximum Gasteiger partial charge on any atom is 0.335 e. The van der Waals surface area contributed by atoms with Crippen molar-refractivity contribution < 1.29 is 19.4 Å². The number of rotatable bonds is 5. The molecule has 0 aliphatic rings. The third-order valence-electron chi connectivity index (χ3n) is 2.94. The smallest absolute Gasteiger partial charge is 0.335 e. The molecule has 6 heteroatoms. The Hall–Kier alpha value is -2.27. The minimum absolute atomic E-state index is 0.231. The number of carboxylic acids is 1. The molecule has 2 rings (SSSR count). The summed E-state index contributed by atoms with van der Waals surface area (Å²) < 4.78 is 11.8. The minimum atomic E-state index is -0.962. The van der Waals surface area contributed by atoms with Gasteiger partial charge in [0.2, 0.25) is 0 Å². The third-order valence-corrected chi connectivity index (χ3v) is 3.74. The molecule has 0 bridgehead atoms.